The molecule has 15 heavy (non-hydrogen) atoms. The third-order valence-corrected chi connectivity index (χ3v) is 2.18. The van der Waals surface area contributed by atoms with E-state index in [9.17, 15) is 0 Å². The number of aromatic nitrogens is 2. The molecular weight excluding hydrogens is 195 g/mol. The molecule has 0 aliphatic rings. The lowest BCUT2D eigenvalue weighted by atomic mass is 9.76. The van der Waals surface area contributed by atoms with Crippen LogP contribution in [0.2, 0.25) is 0 Å². The van der Waals surface area contributed by atoms with Gasteiger partial charge in [-0.3, -0.25) is 0 Å². The van der Waals surface area contributed by atoms with Gasteiger partial charge in [-0.25, -0.2) is 0 Å². The Balaban J connectivity index is 2.48. The highest BCUT2D eigenvalue weighted by Crippen LogP contribution is 2.13. The third-order valence-electron chi connectivity index (χ3n) is 2.18. The van der Waals surface area contributed by atoms with Crippen molar-refractivity contribution in [3.8, 4) is 11.4 Å². The van der Waals surface area contributed by atoms with Gasteiger partial charge in [-0.15, -0.1) is 0 Å². The number of hydrogen-bond donors (Lipinski definition) is 2. The van der Waals surface area contributed by atoms with Crippen LogP contribution < -0.4 is 5.46 Å². The molecule has 0 amide bonds. The molecule has 2 rings (SSSR count). The van der Waals surface area contributed by atoms with Crippen LogP contribution in [-0.4, -0.2) is 27.3 Å². The smallest absolute Gasteiger partial charge is 0.423 e. The molecule has 6 heteroatoms. The summed E-state index contributed by atoms with van der Waals surface area (Å²) < 4.78 is 4.61. The highest BCUT2D eigenvalue weighted by molar-refractivity contribution is 6.59. The zero-order valence-corrected chi connectivity index (χ0v) is 8.08. The molecule has 0 atom stereocenters. The topological polar surface area (TPSA) is 79.4 Å². The molecule has 2 aromatic rings. The summed E-state index contributed by atoms with van der Waals surface area (Å²) in [5.74, 6) is 0.428. The van der Waals surface area contributed by atoms with E-state index in [4.69, 9.17) is 10.0 Å². The molecule has 76 valence electrons. The summed E-state index contributed by atoms with van der Waals surface area (Å²) in [7, 11) is -1.49. The SMILES string of the molecule is Cc1ccc(-c2ncon2)cc1B(O)O. The van der Waals surface area contributed by atoms with Gasteiger partial charge < -0.3 is 14.6 Å². The second-order valence-corrected chi connectivity index (χ2v) is 3.20. The normalized spacial score (nSPS) is 10.3. The van der Waals surface area contributed by atoms with Crippen LogP contribution in [0.25, 0.3) is 11.4 Å². The van der Waals surface area contributed by atoms with Gasteiger partial charge in [-0.05, 0) is 12.4 Å². The average molecular weight is 204 g/mol. The Morgan fingerprint density at radius 2 is 2.13 bits per heavy atom. The van der Waals surface area contributed by atoms with Crippen molar-refractivity contribution in [2.45, 2.75) is 6.92 Å². The number of aryl methyl sites for hydroxylation is 1. The van der Waals surface area contributed by atoms with Crippen molar-refractivity contribution in [3.05, 3.63) is 30.2 Å². The molecule has 0 bridgehead atoms. The molecule has 1 aromatic carbocycles. The zero-order chi connectivity index (χ0) is 10.8. The first-order valence-corrected chi connectivity index (χ1v) is 4.42. The van der Waals surface area contributed by atoms with Crippen molar-refractivity contribution < 1.29 is 14.6 Å². The fraction of sp³-hybridized carbons (Fsp3) is 0.111. The average Bonchev–Trinajstić information content (AvgIpc) is 2.71. The summed E-state index contributed by atoms with van der Waals surface area (Å²) in [6.07, 6.45) is 1.23. The molecule has 0 fully saturated rings. The first kappa shape index (κ1) is 9.88. The molecular formula is C9H9BN2O3. The summed E-state index contributed by atoms with van der Waals surface area (Å²) in [4.78, 5) is 3.88. The minimum absolute atomic E-state index is 0.428. The van der Waals surface area contributed by atoms with Crippen molar-refractivity contribution >= 4 is 12.6 Å². The van der Waals surface area contributed by atoms with Crippen LogP contribution >= 0.6 is 0 Å². The van der Waals surface area contributed by atoms with E-state index in [0.29, 0.717) is 16.9 Å². The van der Waals surface area contributed by atoms with E-state index in [-0.39, 0.29) is 0 Å². The van der Waals surface area contributed by atoms with Gasteiger partial charge in [0.25, 0.3) is 0 Å². The summed E-state index contributed by atoms with van der Waals surface area (Å²) in [6, 6.07) is 5.21. The van der Waals surface area contributed by atoms with Gasteiger partial charge in [0, 0.05) is 5.56 Å². The molecule has 0 unspecified atom stereocenters. The van der Waals surface area contributed by atoms with E-state index in [1.165, 1.54) is 6.39 Å². The summed E-state index contributed by atoms with van der Waals surface area (Å²) in [6.45, 7) is 1.80. The summed E-state index contributed by atoms with van der Waals surface area (Å²) in [5.41, 5.74) is 1.94. The Kier molecular flexibility index (Phi) is 2.53. The van der Waals surface area contributed by atoms with Gasteiger partial charge in [-0.1, -0.05) is 28.9 Å². The van der Waals surface area contributed by atoms with Crippen molar-refractivity contribution in [2.75, 3.05) is 0 Å². The second kappa shape index (κ2) is 3.84. The van der Waals surface area contributed by atoms with Gasteiger partial charge in [0.2, 0.25) is 12.2 Å². The molecule has 1 heterocycles. The lowest BCUT2D eigenvalue weighted by Crippen LogP contribution is -2.32. The highest BCUT2D eigenvalue weighted by atomic mass is 16.5. The minimum Gasteiger partial charge on any atom is -0.423 e. The van der Waals surface area contributed by atoms with Gasteiger partial charge >= 0.3 is 7.12 Å². The van der Waals surface area contributed by atoms with Gasteiger partial charge in [0.05, 0.1) is 0 Å². The minimum atomic E-state index is -1.49. The summed E-state index contributed by atoms with van der Waals surface area (Å²) in [5, 5.41) is 21.9. The third kappa shape index (κ3) is 1.90. The maximum Gasteiger partial charge on any atom is 0.488 e. The van der Waals surface area contributed by atoms with Gasteiger partial charge in [0.15, 0.2) is 0 Å². The number of benzene rings is 1. The Bertz CT molecular complexity index is 456. The van der Waals surface area contributed by atoms with Crippen molar-refractivity contribution in [1.29, 1.82) is 0 Å². The lowest BCUT2D eigenvalue weighted by Gasteiger charge is -2.05. The number of rotatable bonds is 2. The van der Waals surface area contributed by atoms with E-state index in [1.807, 2.05) is 0 Å². The Morgan fingerprint density at radius 3 is 2.73 bits per heavy atom. The maximum atomic E-state index is 9.12. The van der Waals surface area contributed by atoms with Crippen molar-refractivity contribution in [3.63, 3.8) is 0 Å². The molecule has 0 aliphatic heterocycles. The van der Waals surface area contributed by atoms with E-state index < -0.39 is 7.12 Å². The van der Waals surface area contributed by atoms with Crippen LogP contribution in [0.1, 0.15) is 5.56 Å². The van der Waals surface area contributed by atoms with Gasteiger partial charge in [0.1, 0.15) is 0 Å². The highest BCUT2D eigenvalue weighted by Gasteiger charge is 2.15. The predicted octanol–water partition coefficient (Wildman–Crippen LogP) is -0.275. The first-order chi connectivity index (χ1) is 7.18. The molecule has 0 radical (unpaired) electrons. The molecule has 0 aliphatic carbocycles. The molecule has 1 aromatic heterocycles. The molecule has 0 saturated carbocycles. The van der Waals surface area contributed by atoms with Crippen LogP contribution in [0.5, 0.6) is 0 Å². The van der Waals surface area contributed by atoms with Crippen LogP contribution in [0, 0.1) is 6.92 Å². The van der Waals surface area contributed by atoms with E-state index in [2.05, 4.69) is 14.7 Å². The van der Waals surface area contributed by atoms with Crippen LogP contribution in [-0.2, 0) is 0 Å². The maximum absolute atomic E-state index is 9.12. The first-order valence-electron chi connectivity index (χ1n) is 4.42. The number of nitrogens with zero attached hydrogens (tertiary/aromatic N) is 2. The number of hydrogen-bond acceptors (Lipinski definition) is 5. The van der Waals surface area contributed by atoms with E-state index in [1.54, 1.807) is 25.1 Å². The Morgan fingerprint density at radius 1 is 1.33 bits per heavy atom. The van der Waals surface area contributed by atoms with Crippen molar-refractivity contribution in [2.24, 2.45) is 0 Å². The largest absolute Gasteiger partial charge is 0.488 e. The standard InChI is InChI=1S/C9H9BN2O3/c1-6-2-3-7(4-8(6)10(13)14)9-11-5-15-12-9/h2-5,13-14H,1H3. The molecule has 2 N–H and O–H groups in total. The van der Waals surface area contributed by atoms with Gasteiger partial charge in [-0.2, -0.15) is 4.98 Å². The lowest BCUT2D eigenvalue weighted by molar-refractivity contribution is 0.418. The Labute approximate surface area is 86.5 Å². The van der Waals surface area contributed by atoms with Crippen LogP contribution in [0.4, 0.5) is 0 Å². The second-order valence-electron chi connectivity index (χ2n) is 3.20. The summed E-state index contributed by atoms with van der Waals surface area (Å²) >= 11 is 0. The van der Waals surface area contributed by atoms with E-state index >= 15 is 0 Å². The van der Waals surface area contributed by atoms with Crippen molar-refractivity contribution in [1.82, 2.24) is 10.1 Å². The zero-order valence-electron chi connectivity index (χ0n) is 8.08. The molecule has 0 spiro atoms. The molecule has 0 saturated heterocycles. The monoisotopic (exact) mass is 204 g/mol. The molecule has 5 nitrogen and oxygen atoms in total. The van der Waals surface area contributed by atoms with Crippen LogP contribution in [0.15, 0.2) is 29.1 Å². The fourth-order valence-electron chi connectivity index (χ4n) is 1.36. The quantitative estimate of drug-likeness (QED) is 0.658. The van der Waals surface area contributed by atoms with Crippen LogP contribution in [0.3, 0.4) is 0 Å². The fourth-order valence-corrected chi connectivity index (χ4v) is 1.36. The predicted molar refractivity (Wildman–Crippen MR) is 54.3 cm³/mol. The Hall–Kier alpha value is -1.66. The van der Waals surface area contributed by atoms with E-state index in [0.717, 1.165) is 5.56 Å².